The van der Waals surface area contributed by atoms with Crippen LogP contribution in [0, 0.1) is 11.6 Å². The lowest BCUT2D eigenvalue weighted by atomic mass is 9.89. The molecule has 12 nitrogen and oxygen atoms in total. The van der Waals surface area contributed by atoms with E-state index in [1.807, 2.05) is 0 Å². The fourth-order valence-electron chi connectivity index (χ4n) is 5.43. The first kappa shape index (κ1) is 25.3. The van der Waals surface area contributed by atoms with Crippen LogP contribution in [-0.4, -0.2) is 60.3 Å². The summed E-state index contributed by atoms with van der Waals surface area (Å²) in [4.78, 5) is 65.6. The number of imide groups is 2. The molecule has 3 aromatic rings. The number of fused-ring (bicyclic) bond motifs is 2. The monoisotopic (exact) mass is 553 g/mol. The third-order valence-electron chi connectivity index (χ3n) is 7.83. The lowest BCUT2D eigenvalue weighted by Crippen LogP contribution is -2.52. The largest absolute Gasteiger partial charge is 0.494 e. The molecule has 3 aliphatic heterocycles. The van der Waals surface area contributed by atoms with Crippen LogP contribution in [0.15, 0.2) is 34.7 Å². The zero-order chi connectivity index (χ0) is 28.7. The number of rotatable bonds is 5. The van der Waals surface area contributed by atoms with E-state index < -0.39 is 59.0 Å². The Balaban J connectivity index is 1.42. The van der Waals surface area contributed by atoms with Gasteiger partial charge in [-0.1, -0.05) is 6.07 Å². The van der Waals surface area contributed by atoms with Crippen LogP contribution in [-0.2, 0) is 27.2 Å². The Kier molecular flexibility index (Phi) is 5.21. The highest BCUT2D eigenvalue weighted by atomic mass is 19.1. The number of methoxy groups -OCH3 is 1. The van der Waals surface area contributed by atoms with Crippen molar-refractivity contribution in [1.82, 2.24) is 25.8 Å². The molecular formula is C26H21F2N5O7. The maximum absolute atomic E-state index is 15.3. The average molecular weight is 553 g/mol. The fourth-order valence-corrected chi connectivity index (χ4v) is 5.43. The van der Waals surface area contributed by atoms with Crippen molar-refractivity contribution in [3.8, 4) is 5.75 Å². The standard InChI is InChI=1S/C26H21F2N5O7/c1-25(21(35)30-24(38)32(25)2)13-6-12-7-17(40-16(12)8-14(13)27)26(22(36)29-23(37)31-26)10-33-9-11-4-5-15(39-3)19(28)18(11)20(33)34/h4-8H,9-10H2,1-3H3,(H,30,35,38)(H2,29,31,36,37)/t25-,26+/m1/s1. The Morgan fingerprint density at radius 2 is 1.80 bits per heavy atom. The van der Waals surface area contributed by atoms with Gasteiger partial charge in [0.1, 0.15) is 22.7 Å². The molecule has 2 atom stereocenters. The molecule has 0 aliphatic carbocycles. The van der Waals surface area contributed by atoms with Crippen LogP contribution in [0.3, 0.4) is 0 Å². The number of nitrogens with zero attached hydrogens (tertiary/aromatic N) is 2. The number of nitrogens with one attached hydrogen (secondary N) is 3. The molecular weight excluding hydrogens is 532 g/mol. The average Bonchev–Trinajstić information content (AvgIpc) is 3.60. The summed E-state index contributed by atoms with van der Waals surface area (Å²) in [6.45, 7) is 0.883. The molecule has 2 saturated heterocycles. The zero-order valence-corrected chi connectivity index (χ0v) is 21.3. The van der Waals surface area contributed by atoms with Crippen molar-refractivity contribution in [2.45, 2.75) is 24.5 Å². The number of hydrogen-bond acceptors (Lipinski definition) is 7. The van der Waals surface area contributed by atoms with Crippen molar-refractivity contribution in [1.29, 1.82) is 0 Å². The molecule has 40 heavy (non-hydrogen) atoms. The van der Waals surface area contributed by atoms with Gasteiger partial charge in [0.05, 0.1) is 19.2 Å². The van der Waals surface area contributed by atoms with Gasteiger partial charge in [0, 0.05) is 30.6 Å². The van der Waals surface area contributed by atoms with E-state index in [1.165, 1.54) is 50.2 Å². The Morgan fingerprint density at radius 1 is 1.05 bits per heavy atom. The topological polar surface area (TPSA) is 150 Å². The first-order valence-electron chi connectivity index (χ1n) is 12.0. The number of likely N-dealkylation sites (N-methyl/N-ethyl adjacent to an activating group) is 1. The van der Waals surface area contributed by atoms with Crippen LogP contribution in [0.1, 0.15) is 34.2 Å². The van der Waals surface area contributed by atoms with E-state index in [4.69, 9.17) is 9.15 Å². The molecule has 6 rings (SSSR count). The Bertz CT molecular complexity index is 1700. The highest BCUT2D eigenvalue weighted by Crippen LogP contribution is 2.39. The van der Waals surface area contributed by atoms with Gasteiger partial charge in [-0.3, -0.25) is 25.0 Å². The number of hydrogen-bond donors (Lipinski definition) is 3. The van der Waals surface area contributed by atoms with E-state index >= 15 is 4.39 Å². The predicted molar refractivity (Wildman–Crippen MR) is 131 cm³/mol. The Labute approximate surface area is 224 Å². The fraction of sp³-hybridized carbons (Fsp3) is 0.269. The van der Waals surface area contributed by atoms with E-state index in [0.29, 0.717) is 5.56 Å². The van der Waals surface area contributed by atoms with E-state index in [9.17, 15) is 28.4 Å². The molecule has 206 valence electrons. The quantitative estimate of drug-likeness (QED) is 0.408. The van der Waals surface area contributed by atoms with E-state index in [1.54, 1.807) is 0 Å². The molecule has 0 saturated carbocycles. The lowest BCUT2D eigenvalue weighted by Gasteiger charge is -2.29. The summed E-state index contributed by atoms with van der Waals surface area (Å²) < 4.78 is 41.0. The maximum atomic E-state index is 15.3. The molecule has 1 aromatic heterocycles. The van der Waals surface area contributed by atoms with Crippen LogP contribution in [0.2, 0.25) is 0 Å². The van der Waals surface area contributed by atoms with Crippen LogP contribution in [0.25, 0.3) is 11.0 Å². The van der Waals surface area contributed by atoms with Crippen molar-refractivity contribution in [2.24, 2.45) is 0 Å². The van der Waals surface area contributed by atoms with Crippen molar-refractivity contribution in [3.63, 3.8) is 0 Å². The second-order valence-corrected chi connectivity index (χ2v) is 9.96. The third-order valence-corrected chi connectivity index (χ3v) is 7.83. The minimum absolute atomic E-state index is 0.0209. The molecule has 0 unspecified atom stereocenters. The number of urea groups is 2. The van der Waals surface area contributed by atoms with Gasteiger partial charge >= 0.3 is 12.1 Å². The molecule has 3 aliphatic rings. The molecule has 2 fully saturated rings. The highest BCUT2D eigenvalue weighted by molar-refractivity contribution is 6.09. The number of carbonyl (C=O) groups is 5. The molecule has 7 amide bonds. The van der Waals surface area contributed by atoms with Crippen molar-refractivity contribution in [2.75, 3.05) is 20.7 Å². The third kappa shape index (κ3) is 3.25. The Morgan fingerprint density at radius 3 is 2.42 bits per heavy atom. The van der Waals surface area contributed by atoms with Crippen LogP contribution >= 0.6 is 0 Å². The number of amides is 7. The summed E-state index contributed by atoms with van der Waals surface area (Å²) in [5.41, 5.74) is -3.60. The van der Waals surface area contributed by atoms with Gasteiger partial charge in [-0.15, -0.1) is 0 Å². The molecule has 0 radical (unpaired) electrons. The number of halogens is 2. The summed E-state index contributed by atoms with van der Waals surface area (Å²) in [6.07, 6.45) is 0. The van der Waals surface area contributed by atoms with Gasteiger partial charge in [-0.2, -0.15) is 0 Å². The van der Waals surface area contributed by atoms with Gasteiger partial charge in [0.2, 0.25) is 0 Å². The first-order valence-corrected chi connectivity index (χ1v) is 12.0. The maximum Gasteiger partial charge on any atom is 0.325 e. The summed E-state index contributed by atoms with van der Waals surface area (Å²) in [5, 5.41) is 7.03. The normalized spacial score (nSPS) is 24.1. The number of ether oxygens (including phenoxy) is 1. The van der Waals surface area contributed by atoms with Crippen LogP contribution in [0.4, 0.5) is 18.4 Å². The second-order valence-electron chi connectivity index (χ2n) is 9.96. The summed E-state index contributed by atoms with van der Waals surface area (Å²) in [6, 6.07) is 5.05. The lowest BCUT2D eigenvalue weighted by molar-refractivity contribution is -0.126. The number of benzene rings is 2. The van der Waals surface area contributed by atoms with Gasteiger partial charge in [0.25, 0.3) is 17.7 Å². The van der Waals surface area contributed by atoms with Crippen molar-refractivity contribution >= 4 is 40.8 Å². The van der Waals surface area contributed by atoms with Gasteiger partial charge in [-0.25, -0.2) is 18.4 Å². The summed E-state index contributed by atoms with van der Waals surface area (Å²) in [7, 11) is 2.61. The van der Waals surface area contributed by atoms with Crippen LogP contribution < -0.4 is 20.7 Å². The molecule has 0 bridgehead atoms. The van der Waals surface area contributed by atoms with Crippen molar-refractivity contribution in [3.05, 3.63) is 64.4 Å². The summed E-state index contributed by atoms with van der Waals surface area (Å²) in [5.74, 6) is -4.24. The Hall–Kier alpha value is -5.01. The van der Waals surface area contributed by atoms with Gasteiger partial charge in [-0.05, 0) is 30.7 Å². The molecule has 4 heterocycles. The van der Waals surface area contributed by atoms with Gasteiger partial charge < -0.3 is 24.3 Å². The highest BCUT2D eigenvalue weighted by Gasteiger charge is 2.54. The zero-order valence-electron chi connectivity index (χ0n) is 21.3. The molecule has 0 spiro atoms. The SMILES string of the molecule is COc1ccc2c(c1F)C(=O)N(C[C@@]1(c3cc4cc([C@]5(C)C(=O)NC(=O)N5C)c(F)cc4o3)NC(=O)NC1=O)C2. The van der Waals surface area contributed by atoms with E-state index in [2.05, 4.69) is 16.0 Å². The molecule has 3 N–H and O–H groups in total. The smallest absolute Gasteiger partial charge is 0.325 e. The minimum atomic E-state index is -1.94. The second kappa shape index (κ2) is 8.24. The van der Waals surface area contributed by atoms with Gasteiger partial charge in [0.15, 0.2) is 17.1 Å². The molecule has 14 heteroatoms. The number of furan rings is 1. The minimum Gasteiger partial charge on any atom is -0.494 e. The summed E-state index contributed by atoms with van der Waals surface area (Å²) >= 11 is 0. The predicted octanol–water partition coefficient (Wildman–Crippen LogP) is 1.81. The molecule has 2 aromatic carbocycles. The van der Waals surface area contributed by atoms with E-state index in [-0.39, 0.29) is 40.2 Å². The number of carbonyl (C=O) groups excluding carboxylic acids is 5. The first-order chi connectivity index (χ1) is 18.9. The van der Waals surface area contributed by atoms with Crippen molar-refractivity contribution < 1.29 is 41.9 Å². The van der Waals surface area contributed by atoms with E-state index in [0.717, 1.165) is 11.0 Å². The van der Waals surface area contributed by atoms with Crippen LogP contribution in [0.5, 0.6) is 5.75 Å².